The monoisotopic (exact) mass is 410 g/mol. The Morgan fingerprint density at radius 3 is 2.83 bits per heavy atom. The van der Waals surface area contributed by atoms with Crippen molar-refractivity contribution in [3.63, 3.8) is 0 Å². The maximum absolute atomic E-state index is 12.8. The number of carbonyl (C=O) groups excluding carboxylic acids is 1. The van der Waals surface area contributed by atoms with Crippen molar-refractivity contribution >= 4 is 5.91 Å². The Bertz CT molecular complexity index is 819. The van der Waals surface area contributed by atoms with Crippen LogP contribution in [0.25, 0.3) is 0 Å². The molecule has 0 bridgehead atoms. The normalized spacial score (nSPS) is 18.0. The molecule has 3 rings (SSSR count). The number of hydrogen-bond donors (Lipinski definition) is 1. The Kier molecular flexibility index (Phi) is 6.97. The van der Waals surface area contributed by atoms with Crippen LogP contribution in [0.3, 0.4) is 0 Å². The van der Waals surface area contributed by atoms with Crippen molar-refractivity contribution in [3.8, 4) is 0 Å². The second kappa shape index (κ2) is 9.45. The van der Waals surface area contributed by atoms with Crippen molar-refractivity contribution in [3.05, 3.63) is 59.0 Å². The Balaban J connectivity index is 1.50. The van der Waals surface area contributed by atoms with E-state index >= 15 is 0 Å². The number of piperidine rings is 1. The molecule has 2 aromatic rings. The number of furan rings is 1. The van der Waals surface area contributed by atoms with Crippen molar-refractivity contribution in [2.24, 2.45) is 5.92 Å². The van der Waals surface area contributed by atoms with Gasteiger partial charge in [-0.2, -0.15) is 13.2 Å². The van der Waals surface area contributed by atoms with Gasteiger partial charge in [0.15, 0.2) is 0 Å². The molecule has 1 aliphatic heterocycles. The standard InChI is InChI=1S/C21H25F3N2O3/c1-28-14-19-8-7-18(29-19)13-26-9-3-4-15(12-26)11-25-20(27)16-5-2-6-17(10-16)21(22,23)24/h2,5-8,10,15H,3-4,9,11-14H2,1H3,(H,25,27). The van der Waals surface area contributed by atoms with E-state index < -0.39 is 17.6 Å². The summed E-state index contributed by atoms with van der Waals surface area (Å²) in [6.45, 7) is 3.28. The molecule has 1 fully saturated rings. The lowest BCUT2D eigenvalue weighted by molar-refractivity contribution is -0.137. The Hall–Kier alpha value is -2.32. The summed E-state index contributed by atoms with van der Waals surface area (Å²) in [4.78, 5) is 14.5. The molecule has 0 aliphatic carbocycles. The summed E-state index contributed by atoms with van der Waals surface area (Å²) in [6, 6.07) is 8.33. The number of nitrogens with one attached hydrogen (secondary N) is 1. The van der Waals surface area contributed by atoms with Gasteiger partial charge in [-0.15, -0.1) is 0 Å². The van der Waals surface area contributed by atoms with Gasteiger partial charge in [0, 0.05) is 25.8 Å². The molecule has 0 saturated carbocycles. The lowest BCUT2D eigenvalue weighted by Gasteiger charge is -2.32. The van der Waals surface area contributed by atoms with E-state index in [1.807, 2.05) is 12.1 Å². The average molecular weight is 410 g/mol. The maximum Gasteiger partial charge on any atom is 0.416 e. The van der Waals surface area contributed by atoms with E-state index in [-0.39, 0.29) is 11.5 Å². The van der Waals surface area contributed by atoms with Gasteiger partial charge in [0.1, 0.15) is 18.1 Å². The molecule has 5 nitrogen and oxygen atoms in total. The number of methoxy groups -OCH3 is 1. The largest absolute Gasteiger partial charge is 0.462 e. The number of nitrogens with zero attached hydrogens (tertiary/aromatic N) is 1. The van der Waals surface area contributed by atoms with Crippen molar-refractivity contribution in [2.45, 2.75) is 32.2 Å². The van der Waals surface area contributed by atoms with Crippen LogP contribution in [-0.2, 0) is 24.1 Å². The summed E-state index contributed by atoms with van der Waals surface area (Å²) in [5, 5.41) is 2.78. The van der Waals surface area contributed by atoms with Gasteiger partial charge in [0.25, 0.3) is 5.91 Å². The summed E-state index contributed by atoms with van der Waals surface area (Å²) in [6.07, 6.45) is -2.50. The number of likely N-dealkylation sites (tertiary alicyclic amines) is 1. The highest BCUT2D eigenvalue weighted by Gasteiger charge is 2.31. The molecule has 0 spiro atoms. The fourth-order valence-electron chi connectivity index (χ4n) is 3.58. The molecule has 1 atom stereocenters. The number of amides is 1. The van der Waals surface area contributed by atoms with Gasteiger partial charge < -0.3 is 14.5 Å². The third kappa shape index (κ3) is 6.08. The average Bonchev–Trinajstić information content (AvgIpc) is 3.13. The highest BCUT2D eigenvalue weighted by molar-refractivity contribution is 5.94. The molecule has 8 heteroatoms. The van der Waals surface area contributed by atoms with Gasteiger partial charge in [0.2, 0.25) is 0 Å². The molecule has 0 radical (unpaired) electrons. The SMILES string of the molecule is COCc1ccc(CN2CCCC(CNC(=O)c3cccc(C(F)(F)F)c3)C2)o1. The van der Waals surface area contributed by atoms with Crippen LogP contribution in [0.2, 0.25) is 0 Å². The summed E-state index contributed by atoms with van der Waals surface area (Å²) in [5.74, 6) is 1.41. The van der Waals surface area contributed by atoms with Gasteiger partial charge >= 0.3 is 6.18 Å². The van der Waals surface area contributed by atoms with Crippen LogP contribution in [0.15, 0.2) is 40.8 Å². The molecule has 1 aromatic carbocycles. The Morgan fingerprint density at radius 2 is 2.07 bits per heavy atom. The van der Waals surface area contributed by atoms with Crippen molar-refractivity contribution in [1.82, 2.24) is 10.2 Å². The molecule has 1 N–H and O–H groups in total. The fraction of sp³-hybridized carbons (Fsp3) is 0.476. The first kappa shape index (κ1) is 21.4. The van der Waals surface area contributed by atoms with Crippen molar-refractivity contribution < 1.29 is 27.1 Å². The van der Waals surface area contributed by atoms with Gasteiger partial charge in [0.05, 0.1) is 12.1 Å². The number of halogens is 3. The molecule has 1 aromatic heterocycles. The zero-order chi connectivity index (χ0) is 20.9. The van der Waals surface area contributed by atoms with Crippen LogP contribution < -0.4 is 5.32 Å². The van der Waals surface area contributed by atoms with E-state index in [1.54, 1.807) is 7.11 Å². The minimum absolute atomic E-state index is 0.0220. The number of hydrogen-bond acceptors (Lipinski definition) is 4. The molecule has 158 valence electrons. The van der Waals surface area contributed by atoms with E-state index in [0.29, 0.717) is 19.7 Å². The second-order valence-corrected chi connectivity index (χ2v) is 7.33. The van der Waals surface area contributed by atoms with E-state index in [2.05, 4.69) is 10.2 Å². The smallest absolute Gasteiger partial charge is 0.416 e. The summed E-state index contributed by atoms with van der Waals surface area (Å²) in [7, 11) is 1.62. The van der Waals surface area contributed by atoms with Gasteiger partial charge in [-0.1, -0.05) is 6.07 Å². The van der Waals surface area contributed by atoms with Crippen LogP contribution in [0, 0.1) is 5.92 Å². The molecule has 1 amide bonds. The summed E-state index contributed by atoms with van der Waals surface area (Å²) >= 11 is 0. The molecule has 1 saturated heterocycles. The summed E-state index contributed by atoms with van der Waals surface area (Å²) < 4.78 is 49.3. The molecular formula is C21H25F3N2O3. The van der Waals surface area contributed by atoms with E-state index in [1.165, 1.54) is 12.1 Å². The second-order valence-electron chi connectivity index (χ2n) is 7.33. The lowest BCUT2D eigenvalue weighted by atomic mass is 9.97. The third-order valence-corrected chi connectivity index (χ3v) is 4.99. The molecule has 1 aliphatic rings. The maximum atomic E-state index is 12.8. The van der Waals surface area contributed by atoms with Gasteiger partial charge in [-0.3, -0.25) is 9.69 Å². The lowest BCUT2D eigenvalue weighted by Crippen LogP contribution is -2.40. The van der Waals surface area contributed by atoms with Crippen LogP contribution >= 0.6 is 0 Å². The minimum atomic E-state index is -4.46. The highest BCUT2D eigenvalue weighted by Crippen LogP contribution is 2.29. The number of rotatable bonds is 7. The number of alkyl halides is 3. The van der Waals surface area contributed by atoms with E-state index in [4.69, 9.17) is 9.15 Å². The molecular weight excluding hydrogens is 385 g/mol. The van der Waals surface area contributed by atoms with Crippen LogP contribution in [0.4, 0.5) is 13.2 Å². The molecule has 29 heavy (non-hydrogen) atoms. The van der Waals surface area contributed by atoms with E-state index in [9.17, 15) is 18.0 Å². The highest BCUT2D eigenvalue weighted by atomic mass is 19.4. The first-order valence-electron chi connectivity index (χ1n) is 9.59. The van der Waals surface area contributed by atoms with Gasteiger partial charge in [-0.25, -0.2) is 0 Å². The van der Waals surface area contributed by atoms with Crippen LogP contribution in [0.5, 0.6) is 0 Å². The van der Waals surface area contributed by atoms with Crippen LogP contribution in [0.1, 0.15) is 40.3 Å². The predicted molar refractivity (Wildman–Crippen MR) is 101 cm³/mol. The fourth-order valence-corrected chi connectivity index (χ4v) is 3.58. The first-order chi connectivity index (χ1) is 13.8. The summed E-state index contributed by atoms with van der Waals surface area (Å²) in [5.41, 5.74) is -0.797. The molecule has 1 unspecified atom stereocenters. The van der Waals surface area contributed by atoms with Gasteiger partial charge in [-0.05, 0) is 55.6 Å². The number of benzene rings is 1. The Morgan fingerprint density at radius 1 is 1.28 bits per heavy atom. The predicted octanol–water partition coefficient (Wildman–Crippen LogP) is 4.09. The minimum Gasteiger partial charge on any atom is -0.462 e. The zero-order valence-corrected chi connectivity index (χ0v) is 16.3. The van der Waals surface area contributed by atoms with Crippen molar-refractivity contribution in [2.75, 3.05) is 26.7 Å². The first-order valence-corrected chi connectivity index (χ1v) is 9.59. The Labute approximate surface area is 167 Å². The van der Waals surface area contributed by atoms with E-state index in [0.717, 1.165) is 49.6 Å². The zero-order valence-electron chi connectivity index (χ0n) is 16.3. The topological polar surface area (TPSA) is 54.7 Å². The molecule has 2 heterocycles. The number of carbonyl (C=O) groups is 1. The quantitative estimate of drug-likeness (QED) is 0.747. The van der Waals surface area contributed by atoms with Crippen molar-refractivity contribution in [1.29, 1.82) is 0 Å². The third-order valence-electron chi connectivity index (χ3n) is 4.99. The van der Waals surface area contributed by atoms with Crippen LogP contribution in [-0.4, -0.2) is 37.6 Å². The number of ether oxygens (including phenoxy) is 1.